The van der Waals surface area contributed by atoms with Crippen molar-refractivity contribution in [1.29, 1.82) is 0 Å². The number of aliphatic hydroxyl groups excluding tert-OH is 1. The standard InChI is InChI=1S/C18H29FN2O/c1-14(7-6-12-22)20-15(2)16-8-9-18(17(19)13-16)21-10-4-3-5-11-21/h8-9,13-15,20,22H,3-7,10-12H2,1-2H3. The van der Waals surface area contributed by atoms with E-state index in [4.69, 9.17) is 5.11 Å². The number of nitrogens with one attached hydrogen (secondary N) is 1. The monoisotopic (exact) mass is 308 g/mol. The van der Waals surface area contributed by atoms with E-state index in [9.17, 15) is 4.39 Å². The third kappa shape index (κ3) is 4.68. The zero-order valence-electron chi connectivity index (χ0n) is 13.8. The summed E-state index contributed by atoms with van der Waals surface area (Å²) < 4.78 is 14.4. The molecule has 0 aromatic heterocycles. The topological polar surface area (TPSA) is 35.5 Å². The van der Waals surface area contributed by atoms with Crippen LogP contribution in [0.2, 0.25) is 0 Å². The predicted octanol–water partition coefficient (Wildman–Crippen LogP) is 3.63. The minimum Gasteiger partial charge on any atom is -0.396 e. The Morgan fingerprint density at radius 3 is 2.59 bits per heavy atom. The van der Waals surface area contributed by atoms with Gasteiger partial charge in [0.1, 0.15) is 5.82 Å². The highest BCUT2D eigenvalue weighted by Crippen LogP contribution is 2.26. The van der Waals surface area contributed by atoms with E-state index in [0.29, 0.717) is 6.04 Å². The molecule has 1 aliphatic rings. The first kappa shape index (κ1) is 17.2. The van der Waals surface area contributed by atoms with Crippen molar-refractivity contribution in [1.82, 2.24) is 5.32 Å². The van der Waals surface area contributed by atoms with E-state index in [0.717, 1.165) is 50.0 Å². The molecule has 1 aromatic rings. The van der Waals surface area contributed by atoms with Gasteiger partial charge >= 0.3 is 0 Å². The molecular weight excluding hydrogens is 279 g/mol. The van der Waals surface area contributed by atoms with E-state index in [1.54, 1.807) is 6.07 Å². The Morgan fingerprint density at radius 2 is 1.95 bits per heavy atom. The van der Waals surface area contributed by atoms with Crippen LogP contribution in [0.1, 0.15) is 57.6 Å². The van der Waals surface area contributed by atoms with Gasteiger partial charge in [-0.05, 0) is 63.6 Å². The van der Waals surface area contributed by atoms with Crippen LogP contribution in [0.3, 0.4) is 0 Å². The second-order valence-corrected chi connectivity index (χ2v) is 6.41. The van der Waals surface area contributed by atoms with Gasteiger partial charge in [-0.1, -0.05) is 6.07 Å². The highest BCUT2D eigenvalue weighted by atomic mass is 19.1. The maximum atomic E-state index is 14.4. The van der Waals surface area contributed by atoms with Crippen molar-refractivity contribution in [3.8, 4) is 0 Å². The van der Waals surface area contributed by atoms with Crippen LogP contribution in [0.4, 0.5) is 10.1 Å². The molecule has 0 saturated carbocycles. The van der Waals surface area contributed by atoms with Gasteiger partial charge in [0.2, 0.25) is 0 Å². The third-order valence-electron chi connectivity index (χ3n) is 4.50. The summed E-state index contributed by atoms with van der Waals surface area (Å²) in [6.45, 7) is 6.31. The molecule has 4 heteroatoms. The lowest BCUT2D eigenvalue weighted by Gasteiger charge is -2.29. The number of hydrogen-bond donors (Lipinski definition) is 2. The van der Waals surface area contributed by atoms with Crippen molar-refractivity contribution in [2.45, 2.75) is 58.0 Å². The van der Waals surface area contributed by atoms with Crippen molar-refractivity contribution in [3.63, 3.8) is 0 Å². The molecule has 1 saturated heterocycles. The fourth-order valence-electron chi connectivity index (χ4n) is 3.19. The Hall–Kier alpha value is -1.13. The Kier molecular flexibility index (Phi) is 6.65. The first-order chi connectivity index (χ1) is 10.6. The number of rotatable bonds is 7. The third-order valence-corrected chi connectivity index (χ3v) is 4.50. The summed E-state index contributed by atoms with van der Waals surface area (Å²) in [5, 5.41) is 12.3. The summed E-state index contributed by atoms with van der Waals surface area (Å²) in [7, 11) is 0. The molecule has 0 amide bonds. The Balaban J connectivity index is 1.98. The average Bonchev–Trinajstić information content (AvgIpc) is 2.53. The molecule has 22 heavy (non-hydrogen) atoms. The normalized spacial score (nSPS) is 18.3. The van der Waals surface area contributed by atoms with Crippen molar-refractivity contribution in [3.05, 3.63) is 29.6 Å². The molecule has 0 spiro atoms. The Labute approximate surface area is 133 Å². The Bertz CT molecular complexity index is 460. The first-order valence-electron chi connectivity index (χ1n) is 8.53. The van der Waals surface area contributed by atoms with Crippen LogP contribution >= 0.6 is 0 Å². The zero-order chi connectivity index (χ0) is 15.9. The Morgan fingerprint density at radius 1 is 1.23 bits per heavy atom. The molecule has 2 atom stereocenters. The van der Waals surface area contributed by atoms with Gasteiger partial charge in [0, 0.05) is 31.8 Å². The second kappa shape index (κ2) is 8.49. The quantitative estimate of drug-likeness (QED) is 0.807. The van der Waals surface area contributed by atoms with Gasteiger partial charge in [-0.2, -0.15) is 0 Å². The summed E-state index contributed by atoms with van der Waals surface area (Å²) >= 11 is 0. The largest absolute Gasteiger partial charge is 0.396 e. The maximum Gasteiger partial charge on any atom is 0.146 e. The van der Waals surface area contributed by atoms with Crippen LogP contribution in [-0.4, -0.2) is 30.8 Å². The van der Waals surface area contributed by atoms with E-state index in [-0.39, 0.29) is 18.5 Å². The van der Waals surface area contributed by atoms with Crippen LogP contribution in [-0.2, 0) is 0 Å². The molecule has 0 aliphatic carbocycles. The molecule has 1 aromatic carbocycles. The molecule has 2 N–H and O–H groups in total. The lowest BCUT2D eigenvalue weighted by atomic mass is 10.0. The predicted molar refractivity (Wildman–Crippen MR) is 89.8 cm³/mol. The summed E-state index contributed by atoms with van der Waals surface area (Å²) in [5.74, 6) is -0.115. The fourth-order valence-corrected chi connectivity index (χ4v) is 3.19. The lowest BCUT2D eigenvalue weighted by molar-refractivity contribution is 0.274. The molecule has 0 bridgehead atoms. The van der Waals surface area contributed by atoms with Gasteiger partial charge in [0.25, 0.3) is 0 Å². The van der Waals surface area contributed by atoms with Gasteiger partial charge in [0.15, 0.2) is 0 Å². The molecule has 1 fully saturated rings. The van der Waals surface area contributed by atoms with Crippen LogP contribution in [0.25, 0.3) is 0 Å². The number of anilines is 1. The van der Waals surface area contributed by atoms with Gasteiger partial charge in [-0.25, -0.2) is 4.39 Å². The fraction of sp³-hybridized carbons (Fsp3) is 0.667. The molecule has 1 aliphatic heterocycles. The van der Waals surface area contributed by atoms with E-state index < -0.39 is 0 Å². The molecule has 2 unspecified atom stereocenters. The van der Waals surface area contributed by atoms with Gasteiger partial charge in [-0.15, -0.1) is 0 Å². The van der Waals surface area contributed by atoms with Gasteiger partial charge < -0.3 is 15.3 Å². The van der Waals surface area contributed by atoms with Crippen LogP contribution in [0.15, 0.2) is 18.2 Å². The van der Waals surface area contributed by atoms with Crippen molar-refractivity contribution >= 4 is 5.69 Å². The second-order valence-electron chi connectivity index (χ2n) is 6.41. The highest BCUT2D eigenvalue weighted by molar-refractivity contribution is 5.49. The number of nitrogens with zero attached hydrogens (tertiary/aromatic N) is 1. The molecule has 0 radical (unpaired) electrons. The molecule has 1 heterocycles. The van der Waals surface area contributed by atoms with Gasteiger partial charge in [-0.3, -0.25) is 0 Å². The zero-order valence-corrected chi connectivity index (χ0v) is 13.8. The van der Waals surface area contributed by atoms with Crippen LogP contribution in [0.5, 0.6) is 0 Å². The summed E-state index contributed by atoms with van der Waals surface area (Å²) in [4.78, 5) is 2.16. The summed E-state index contributed by atoms with van der Waals surface area (Å²) in [6.07, 6.45) is 5.28. The summed E-state index contributed by atoms with van der Waals surface area (Å²) in [6, 6.07) is 6.04. The molecule has 3 nitrogen and oxygen atoms in total. The maximum absolute atomic E-state index is 14.4. The minimum atomic E-state index is -0.115. The van der Waals surface area contributed by atoms with E-state index >= 15 is 0 Å². The SMILES string of the molecule is CC(CCCO)NC(C)c1ccc(N2CCCCC2)c(F)c1. The van der Waals surface area contributed by atoms with Crippen molar-refractivity contribution in [2.24, 2.45) is 0 Å². The van der Waals surface area contributed by atoms with E-state index in [1.807, 2.05) is 12.1 Å². The van der Waals surface area contributed by atoms with Crippen LogP contribution < -0.4 is 10.2 Å². The summed E-state index contributed by atoms with van der Waals surface area (Å²) in [5.41, 5.74) is 1.72. The number of halogens is 1. The smallest absolute Gasteiger partial charge is 0.146 e. The highest BCUT2D eigenvalue weighted by Gasteiger charge is 2.17. The van der Waals surface area contributed by atoms with Crippen molar-refractivity contribution in [2.75, 3.05) is 24.6 Å². The first-order valence-corrected chi connectivity index (χ1v) is 8.53. The van der Waals surface area contributed by atoms with E-state index in [1.165, 1.54) is 6.42 Å². The van der Waals surface area contributed by atoms with Gasteiger partial charge in [0.05, 0.1) is 5.69 Å². The number of aliphatic hydroxyl groups is 1. The van der Waals surface area contributed by atoms with E-state index in [2.05, 4.69) is 24.1 Å². The minimum absolute atomic E-state index is 0.110. The van der Waals surface area contributed by atoms with Crippen LogP contribution in [0, 0.1) is 5.82 Å². The molecule has 2 rings (SSSR count). The number of piperidine rings is 1. The number of benzene rings is 1. The average molecular weight is 308 g/mol. The number of hydrogen-bond acceptors (Lipinski definition) is 3. The molecule has 124 valence electrons. The lowest BCUT2D eigenvalue weighted by Crippen LogP contribution is -2.31. The van der Waals surface area contributed by atoms with Crippen molar-refractivity contribution < 1.29 is 9.50 Å². The molecular formula is C18H29FN2O.